The van der Waals surface area contributed by atoms with Gasteiger partial charge < -0.3 is 4.74 Å². The van der Waals surface area contributed by atoms with Gasteiger partial charge in [-0.2, -0.15) is 4.39 Å². The second kappa shape index (κ2) is 4.05. The van der Waals surface area contributed by atoms with Gasteiger partial charge >= 0.3 is 0 Å². The molecule has 2 rings (SSSR count). The van der Waals surface area contributed by atoms with Gasteiger partial charge in [0, 0.05) is 10.9 Å². The first-order valence-corrected chi connectivity index (χ1v) is 5.96. The number of carbonyl (C=O) groups is 1. The lowest BCUT2D eigenvalue weighted by atomic mass is 9.68. The van der Waals surface area contributed by atoms with Crippen molar-refractivity contribution in [3.63, 3.8) is 0 Å². The summed E-state index contributed by atoms with van der Waals surface area (Å²) < 4.78 is 32.3. The summed E-state index contributed by atoms with van der Waals surface area (Å²) in [6.45, 7) is 3.46. The quantitative estimate of drug-likeness (QED) is 0.782. The Morgan fingerprint density at radius 2 is 2.06 bits per heavy atom. The second-order valence-corrected chi connectivity index (χ2v) is 5.57. The van der Waals surface area contributed by atoms with Crippen molar-refractivity contribution in [3.05, 3.63) is 28.2 Å². The molecule has 0 aliphatic heterocycles. The number of Topliss-reactive ketones (excluding diaryl/α,β-unsaturated/α-hetero) is 1. The van der Waals surface area contributed by atoms with Crippen LogP contribution in [0.4, 0.5) is 8.78 Å². The van der Waals surface area contributed by atoms with Crippen molar-refractivity contribution in [2.45, 2.75) is 26.4 Å². The molecule has 92 valence electrons. The molecule has 0 saturated heterocycles. The first-order valence-electron chi connectivity index (χ1n) is 5.17. The van der Waals surface area contributed by atoms with Crippen LogP contribution >= 0.6 is 15.9 Å². The third-order valence-corrected chi connectivity index (χ3v) is 3.58. The molecule has 0 spiro atoms. The molecule has 0 N–H and O–H groups in total. The van der Waals surface area contributed by atoms with E-state index < -0.39 is 23.2 Å². The zero-order chi connectivity index (χ0) is 12.8. The Kier molecular flexibility index (Phi) is 2.97. The molecule has 1 unspecified atom stereocenters. The molecule has 1 aliphatic carbocycles. The molecule has 0 amide bonds. The number of hydrogen-bond acceptors (Lipinski definition) is 2. The molecule has 1 aromatic rings. The molecular formula is C12H11BrF2O2. The van der Waals surface area contributed by atoms with E-state index in [1.54, 1.807) is 13.8 Å². The number of benzene rings is 1. The molecule has 1 aliphatic rings. The van der Waals surface area contributed by atoms with Gasteiger partial charge in [0.2, 0.25) is 5.82 Å². The Bertz CT molecular complexity index is 486. The number of halogens is 3. The van der Waals surface area contributed by atoms with Gasteiger partial charge in [0.25, 0.3) is 0 Å². The molecule has 1 saturated carbocycles. The van der Waals surface area contributed by atoms with E-state index in [0.717, 1.165) is 6.07 Å². The standard InChI is InChI=1S/C12H11BrF2O2/c1-12(2)9(16)5-10(12)17-8-4-6(13)3-7(14)11(8)15/h3-4,10H,5H2,1-2H3. The van der Waals surface area contributed by atoms with Crippen LogP contribution in [0.2, 0.25) is 0 Å². The van der Waals surface area contributed by atoms with Crippen molar-refractivity contribution in [1.29, 1.82) is 0 Å². The smallest absolute Gasteiger partial charge is 0.200 e. The van der Waals surface area contributed by atoms with Crippen molar-refractivity contribution in [2.24, 2.45) is 5.41 Å². The lowest BCUT2D eigenvalue weighted by Crippen LogP contribution is -2.53. The molecule has 0 heterocycles. The highest BCUT2D eigenvalue weighted by atomic mass is 79.9. The van der Waals surface area contributed by atoms with Gasteiger partial charge in [-0.25, -0.2) is 4.39 Å². The molecule has 1 aromatic carbocycles. The second-order valence-electron chi connectivity index (χ2n) is 4.66. The van der Waals surface area contributed by atoms with Gasteiger partial charge in [-0.3, -0.25) is 4.79 Å². The Labute approximate surface area is 106 Å². The van der Waals surface area contributed by atoms with E-state index in [-0.39, 0.29) is 18.0 Å². The monoisotopic (exact) mass is 304 g/mol. The minimum atomic E-state index is -1.02. The molecule has 0 bridgehead atoms. The van der Waals surface area contributed by atoms with Crippen LogP contribution < -0.4 is 4.74 Å². The summed E-state index contributed by atoms with van der Waals surface area (Å²) in [6.07, 6.45) is -0.168. The summed E-state index contributed by atoms with van der Waals surface area (Å²) in [5.41, 5.74) is -0.634. The highest BCUT2D eigenvalue weighted by Gasteiger charge is 2.49. The van der Waals surface area contributed by atoms with Crippen LogP contribution in [0, 0.1) is 17.0 Å². The molecule has 2 nitrogen and oxygen atoms in total. The van der Waals surface area contributed by atoms with E-state index >= 15 is 0 Å². The topological polar surface area (TPSA) is 26.3 Å². The van der Waals surface area contributed by atoms with Gasteiger partial charge in [0.15, 0.2) is 11.6 Å². The van der Waals surface area contributed by atoms with Gasteiger partial charge in [0.1, 0.15) is 11.9 Å². The van der Waals surface area contributed by atoms with E-state index in [2.05, 4.69) is 15.9 Å². The van der Waals surface area contributed by atoms with E-state index in [0.29, 0.717) is 4.47 Å². The zero-order valence-corrected chi connectivity index (χ0v) is 11.0. The molecule has 17 heavy (non-hydrogen) atoms. The summed E-state index contributed by atoms with van der Waals surface area (Å²) in [5, 5.41) is 0. The minimum absolute atomic E-state index is 0.0679. The van der Waals surface area contributed by atoms with Crippen LogP contribution in [-0.4, -0.2) is 11.9 Å². The van der Waals surface area contributed by atoms with Crippen LogP contribution in [0.15, 0.2) is 16.6 Å². The molecular weight excluding hydrogens is 294 g/mol. The van der Waals surface area contributed by atoms with Crippen molar-refractivity contribution in [1.82, 2.24) is 0 Å². The van der Waals surface area contributed by atoms with E-state index in [9.17, 15) is 13.6 Å². The van der Waals surface area contributed by atoms with Crippen molar-refractivity contribution in [3.8, 4) is 5.75 Å². The van der Waals surface area contributed by atoms with Gasteiger partial charge in [0.05, 0.1) is 5.41 Å². The predicted octanol–water partition coefficient (Wildman–Crippen LogP) is 3.47. The molecule has 1 fully saturated rings. The van der Waals surface area contributed by atoms with Crippen molar-refractivity contribution >= 4 is 21.7 Å². The van der Waals surface area contributed by atoms with Crippen LogP contribution in [0.25, 0.3) is 0 Å². The Balaban J connectivity index is 2.23. The highest BCUT2D eigenvalue weighted by molar-refractivity contribution is 9.10. The molecule has 5 heteroatoms. The summed E-state index contributed by atoms with van der Waals surface area (Å²) in [5.74, 6) is -2.10. The van der Waals surface area contributed by atoms with Crippen LogP contribution in [-0.2, 0) is 4.79 Å². The SMILES string of the molecule is CC1(C)C(=O)CC1Oc1cc(Br)cc(F)c1F. The number of ether oxygens (including phenoxy) is 1. The third-order valence-electron chi connectivity index (χ3n) is 3.12. The molecule has 0 radical (unpaired) electrons. The third kappa shape index (κ3) is 2.08. The number of rotatable bonds is 2. The number of carbonyl (C=O) groups excluding carboxylic acids is 1. The van der Waals surface area contributed by atoms with Crippen molar-refractivity contribution < 1.29 is 18.3 Å². The van der Waals surface area contributed by atoms with E-state index in [1.165, 1.54) is 6.07 Å². The molecule has 0 aromatic heterocycles. The Morgan fingerprint density at radius 1 is 1.41 bits per heavy atom. The van der Waals surface area contributed by atoms with Crippen molar-refractivity contribution in [2.75, 3.05) is 0 Å². The molecule has 1 atom stereocenters. The maximum absolute atomic E-state index is 13.4. The Hall–Kier alpha value is -0.970. The van der Waals surface area contributed by atoms with Crippen LogP contribution in [0.5, 0.6) is 5.75 Å². The fraction of sp³-hybridized carbons (Fsp3) is 0.417. The fourth-order valence-electron chi connectivity index (χ4n) is 1.70. The minimum Gasteiger partial charge on any atom is -0.486 e. The maximum Gasteiger partial charge on any atom is 0.200 e. The summed E-state index contributed by atoms with van der Waals surface area (Å²) in [4.78, 5) is 11.3. The fourth-order valence-corrected chi connectivity index (χ4v) is 2.10. The van der Waals surface area contributed by atoms with Gasteiger partial charge in [-0.15, -0.1) is 0 Å². The van der Waals surface area contributed by atoms with Gasteiger partial charge in [-0.1, -0.05) is 15.9 Å². The van der Waals surface area contributed by atoms with E-state index in [4.69, 9.17) is 4.74 Å². The van der Waals surface area contributed by atoms with E-state index in [1.807, 2.05) is 0 Å². The average molecular weight is 305 g/mol. The predicted molar refractivity (Wildman–Crippen MR) is 61.9 cm³/mol. The maximum atomic E-state index is 13.4. The average Bonchev–Trinajstić information content (AvgIpc) is 2.24. The number of ketones is 1. The normalized spacial score (nSPS) is 22.2. The summed E-state index contributed by atoms with van der Waals surface area (Å²) >= 11 is 3.06. The van der Waals surface area contributed by atoms with Gasteiger partial charge in [-0.05, 0) is 26.0 Å². The first kappa shape index (κ1) is 12.5. The highest BCUT2D eigenvalue weighted by Crippen LogP contribution is 2.40. The Morgan fingerprint density at radius 3 is 2.59 bits per heavy atom. The summed E-state index contributed by atoms with van der Waals surface area (Å²) in [7, 11) is 0. The summed E-state index contributed by atoms with van der Waals surface area (Å²) in [6, 6.07) is 2.39. The van der Waals surface area contributed by atoms with Crippen LogP contribution in [0.3, 0.4) is 0 Å². The zero-order valence-electron chi connectivity index (χ0n) is 9.39. The van der Waals surface area contributed by atoms with Crippen LogP contribution in [0.1, 0.15) is 20.3 Å². The lowest BCUT2D eigenvalue weighted by molar-refractivity contribution is -0.148. The number of hydrogen-bond donors (Lipinski definition) is 0. The lowest BCUT2D eigenvalue weighted by Gasteiger charge is -2.41. The first-order chi connectivity index (χ1) is 7.82. The largest absolute Gasteiger partial charge is 0.486 e.